The highest BCUT2D eigenvalue weighted by molar-refractivity contribution is 7.98. The third-order valence-corrected chi connectivity index (χ3v) is 4.02. The highest BCUT2D eigenvalue weighted by Gasteiger charge is 2.02. The fourth-order valence-electron chi connectivity index (χ4n) is 1.93. The van der Waals surface area contributed by atoms with Crippen LogP contribution in [0.4, 0.5) is 4.39 Å². The summed E-state index contributed by atoms with van der Waals surface area (Å²) in [7, 11) is 1.95. The fourth-order valence-corrected chi connectivity index (χ4v) is 2.99. The summed E-state index contributed by atoms with van der Waals surface area (Å²) in [4.78, 5) is 1.25. The number of halogens is 1. The molecule has 19 heavy (non-hydrogen) atoms. The lowest BCUT2D eigenvalue weighted by molar-refractivity contribution is 0.626. The molecule has 1 nitrogen and oxygen atoms in total. The van der Waals surface area contributed by atoms with Gasteiger partial charge in [0.2, 0.25) is 0 Å². The minimum absolute atomic E-state index is 0.165. The number of hydrogen-bond acceptors (Lipinski definition) is 2. The number of nitrogens with one attached hydrogen (secondary N) is 1. The van der Waals surface area contributed by atoms with Crippen LogP contribution < -0.4 is 5.32 Å². The largest absolute Gasteiger partial charge is 0.316 e. The van der Waals surface area contributed by atoms with Crippen molar-refractivity contribution in [3.05, 3.63) is 65.0 Å². The van der Waals surface area contributed by atoms with Gasteiger partial charge < -0.3 is 5.32 Å². The van der Waals surface area contributed by atoms with Gasteiger partial charge in [-0.2, -0.15) is 0 Å². The van der Waals surface area contributed by atoms with Crippen molar-refractivity contribution in [3.8, 4) is 0 Å². The average molecular weight is 275 g/mol. The Kier molecular flexibility index (Phi) is 5.00. The highest BCUT2D eigenvalue weighted by Crippen LogP contribution is 2.25. The summed E-state index contributed by atoms with van der Waals surface area (Å²) in [5.74, 6) is 0.706. The maximum Gasteiger partial charge on any atom is 0.123 e. The number of thioether (sulfide) groups is 1. The van der Waals surface area contributed by atoms with Crippen LogP contribution in [0.2, 0.25) is 0 Å². The zero-order valence-electron chi connectivity index (χ0n) is 11.2. The summed E-state index contributed by atoms with van der Waals surface area (Å²) in [5.41, 5.74) is 3.48. The van der Waals surface area contributed by atoms with E-state index in [1.165, 1.54) is 22.1 Å². The van der Waals surface area contributed by atoms with Crippen molar-refractivity contribution in [2.75, 3.05) is 7.05 Å². The second-order valence-electron chi connectivity index (χ2n) is 4.54. The highest BCUT2D eigenvalue weighted by atomic mass is 32.2. The summed E-state index contributed by atoms with van der Waals surface area (Å²) in [6, 6.07) is 13.5. The Morgan fingerprint density at radius 3 is 2.74 bits per heavy atom. The van der Waals surface area contributed by atoms with Gasteiger partial charge in [0.05, 0.1) is 0 Å². The Labute approximate surface area is 118 Å². The van der Waals surface area contributed by atoms with Gasteiger partial charge in [-0.05, 0) is 54.9 Å². The first-order valence-corrected chi connectivity index (χ1v) is 7.29. The molecule has 0 aliphatic rings. The van der Waals surface area contributed by atoms with Gasteiger partial charge in [-0.1, -0.05) is 18.2 Å². The molecule has 0 aliphatic heterocycles. The van der Waals surface area contributed by atoms with Gasteiger partial charge in [0, 0.05) is 17.2 Å². The first-order valence-electron chi connectivity index (χ1n) is 6.30. The third-order valence-electron chi connectivity index (χ3n) is 2.98. The molecule has 0 saturated heterocycles. The molecule has 0 saturated carbocycles. The fraction of sp³-hybridized carbons (Fsp3) is 0.250. The molecule has 0 aromatic heterocycles. The molecule has 0 radical (unpaired) electrons. The van der Waals surface area contributed by atoms with Crippen LogP contribution in [0.1, 0.15) is 16.7 Å². The van der Waals surface area contributed by atoms with E-state index in [2.05, 4.69) is 29.6 Å². The van der Waals surface area contributed by atoms with Gasteiger partial charge in [0.25, 0.3) is 0 Å². The molecular formula is C16H18FNS. The van der Waals surface area contributed by atoms with Crippen molar-refractivity contribution < 1.29 is 4.39 Å². The maximum atomic E-state index is 13.0. The molecular weight excluding hydrogens is 257 g/mol. The average Bonchev–Trinajstić information content (AvgIpc) is 2.38. The summed E-state index contributed by atoms with van der Waals surface area (Å²) in [6.45, 7) is 2.83. The van der Waals surface area contributed by atoms with Crippen molar-refractivity contribution in [3.63, 3.8) is 0 Å². The third kappa shape index (κ3) is 4.08. The van der Waals surface area contributed by atoms with E-state index in [1.807, 2.05) is 20.0 Å². The van der Waals surface area contributed by atoms with Crippen molar-refractivity contribution in [1.82, 2.24) is 5.32 Å². The lowest BCUT2D eigenvalue weighted by Gasteiger charge is -2.07. The van der Waals surface area contributed by atoms with Crippen LogP contribution in [0.25, 0.3) is 0 Å². The maximum absolute atomic E-state index is 13.0. The second kappa shape index (κ2) is 6.73. The van der Waals surface area contributed by atoms with E-state index in [0.717, 1.165) is 17.9 Å². The van der Waals surface area contributed by atoms with Gasteiger partial charge in [0.15, 0.2) is 0 Å². The molecule has 1 N–H and O–H groups in total. The first kappa shape index (κ1) is 14.1. The van der Waals surface area contributed by atoms with E-state index in [0.29, 0.717) is 0 Å². The van der Waals surface area contributed by atoms with Gasteiger partial charge in [-0.25, -0.2) is 4.39 Å². The molecule has 2 rings (SSSR count). The standard InChI is InChI=1S/C16H18FNS/c1-12-8-15(17)7-6-14(12)11-19-16-5-3-4-13(9-16)10-18-2/h3-9,18H,10-11H2,1-2H3. The molecule has 0 heterocycles. The number of rotatable bonds is 5. The van der Waals surface area contributed by atoms with Crippen LogP contribution in [-0.4, -0.2) is 7.05 Å². The Morgan fingerprint density at radius 1 is 1.16 bits per heavy atom. The predicted octanol–water partition coefficient (Wildman–Crippen LogP) is 4.15. The molecule has 0 aliphatic carbocycles. The summed E-state index contributed by atoms with van der Waals surface area (Å²) < 4.78 is 13.0. The molecule has 0 bridgehead atoms. The second-order valence-corrected chi connectivity index (χ2v) is 5.59. The van der Waals surface area contributed by atoms with E-state index >= 15 is 0 Å². The molecule has 3 heteroatoms. The number of benzene rings is 2. The SMILES string of the molecule is CNCc1cccc(SCc2ccc(F)cc2C)c1. The van der Waals surface area contributed by atoms with Gasteiger partial charge in [-0.3, -0.25) is 0 Å². The zero-order valence-corrected chi connectivity index (χ0v) is 12.1. The van der Waals surface area contributed by atoms with E-state index in [9.17, 15) is 4.39 Å². The van der Waals surface area contributed by atoms with Crippen LogP contribution in [0.5, 0.6) is 0 Å². The summed E-state index contributed by atoms with van der Waals surface area (Å²) >= 11 is 1.78. The number of hydrogen-bond donors (Lipinski definition) is 1. The van der Waals surface area contributed by atoms with Crippen molar-refractivity contribution in [1.29, 1.82) is 0 Å². The van der Waals surface area contributed by atoms with Crippen LogP contribution in [0, 0.1) is 12.7 Å². The van der Waals surface area contributed by atoms with Crippen LogP contribution in [0.15, 0.2) is 47.4 Å². The lowest BCUT2D eigenvalue weighted by atomic mass is 10.1. The van der Waals surface area contributed by atoms with Gasteiger partial charge >= 0.3 is 0 Å². The summed E-state index contributed by atoms with van der Waals surface area (Å²) in [5, 5.41) is 3.15. The van der Waals surface area contributed by atoms with Crippen LogP contribution in [0.3, 0.4) is 0 Å². The molecule has 2 aromatic carbocycles. The molecule has 0 spiro atoms. The normalized spacial score (nSPS) is 10.7. The minimum atomic E-state index is -0.165. The van der Waals surface area contributed by atoms with Crippen molar-refractivity contribution in [2.24, 2.45) is 0 Å². The first-order chi connectivity index (χ1) is 9.19. The minimum Gasteiger partial charge on any atom is -0.316 e. The zero-order chi connectivity index (χ0) is 13.7. The Bertz CT molecular complexity index is 554. The van der Waals surface area contributed by atoms with Crippen molar-refractivity contribution in [2.45, 2.75) is 24.1 Å². The van der Waals surface area contributed by atoms with E-state index in [4.69, 9.17) is 0 Å². The quantitative estimate of drug-likeness (QED) is 0.823. The molecule has 0 unspecified atom stereocenters. The Hall–Kier alpha value is -1.32. The van der Waals surface area contributed by atoms with E-state index in [-0.39, 0.29) is 5.82 Å². The Balaban J connectivity index is 2.03. The summed E-state index contributed by atoms with van der Waals surface area (Å²) in [6.07, 6.45) is 0. The van der Waals surface area contributed by atoms with Crippen molar-refractivity contribution >= 4 is 11.8 Å². The molecule has 2 aromatic rings. The smallest absolute Gasteiger partial charge is 0.123 e. The molecule has 0 fully saturated rings. The van der Waals surface area contributed by atoms with Gasteiger partial charge in [0.1, 0.15) is 5.82 Å². The lowest BCUT2D eigenvalue weighted by Crippen LogP contribution is -2.04. The van der Waals surface area contributed by atoms with E-state index < -0.39 is 0 Å². The van der Waals surface area contributed by atoms with Gasteiger partial charge in [-0.15, -0.1) is 11.8 Å². The monoisotopic (exact) mass is 275 g/mol. The van der Waals surface area contributed by atoms with Crippen LogP contribution in [-0.2, 0) is 12.3 Å². The van der Waals surface area contributed by atoms with E-state index in [1.54, 1.807) is 17.8 Å². The number of aryl methyl sites for hydroxylation is 1. The Morgan fingerprint density at radius 2 is 2.00 bits per heavy atom. The molecule has 0 atom stereocenters. The van der Waals surface area contributed by atoms with Crippen LogP contribution >= 0.6 is 11.8 Å². The predicted molar refractivity (Wildman–Crippen MR) is 79.9 cm³/mol. The molecule has 100 valence electrons. The molecule has 0 amide bonds. The topological polar surface area (TPSA) is 12.0 Å².